The number of carbonyl (C=O) groups is 2. The van der Waals surface area contributed by atoms with E-state index in [0.717, 1.165) is 41.4 Å². The monoisotopic (exact) mass is 446 g/mol. The van der Waals surface area contributed by atoms with Gasteiger partial charge in [0.2, 0.25) is 0 Å². The molecule has 3 amide bonds. The first-order chi connectivity index (χ1) is 16.0. The van der Waals surface area contributed by atoms with Crippen LogP contribution in [0.5, 0.6) is 5.75 Å². The topological polar surface area (TPSA) is 75.6 Å². The van der Waals surface area contributed by atoms with Crippen molar-refractivity contribution < 1.29 is 14.3 Å². The van der Waals surface area contributed by atoms with Gasteiger partial charge in [-0.1, -0.05) is 18.2 Å². The van der Waals surface area contributed by atoms with Gasteiger partial charge < -0.3 is 24.8 Å². The molecule has 1 aromatic heterocycles. The predicted molar refractivity (Wildman–Crippen MR) is 129 cm³/mol. The number of benzene rings is 2. The summed E-state index contributed by atoms with van der Waals surface area (Å²) < 4.78 is 7.32. The van der Waals surface area contributed by atoms with Crippen LogP contribution in [0.4, 0.5) is 10.5 Å². The number of amides is 3. The summed E-state index contributed by atoms with van der Waals surface area (Å²) in [7, 11) is 1.64. The lowest BCUT2D eigenvalue weighted by Gasteiger charge is -2.32. The number of rotatable bonds is 5. The summed E-state index contributed by atoms with van der Waals surface area (Å²) in [5.74, 6) is 0.720. The molecule has 2 aromatic carbocycles. The maximum Gasteiger partial charge on any atom is 0.321 e. The minimum Gasteiger partial charge on any atom is -0.497 e. The molecule has 0 aliphatic carbocycles. The largest absolute Gasteiger partial charge is 0.497 e. The predicted octanol–water partition coefficient (Wildman–Crippen LogP) is 4.53. The van der Waals surface area contributed by atoms with Gasteiger partial charge in [-0.3, -0.25) is 4.79 Å². The number of aromatic nitrogens is 1. The SMILES string of the molecule is COc1ccc(-n2c(C)cc(C(=O)NC3CCN(C(=O)Nc4ccccc4)CC3)c2C)cc1. The number of carbonyl (C=O) groups excluding carboxylic acids is 2. The van der Waals surface area contributed by atoms with Crippen LogP contribution in [0.1, 0.15) is 34.6 Å². The number of aryl methyl sites for hydroxylation is 1. The van der Waals surface area contributed by atoms with E-state index in [9.17, 15) is 9.59 Å². The number of para-hydroxylation sites is 1. The molecular formula is C26H30N4O3. The molecule has 4 rings (SSSR count). The number of urea groups is 1. The average Bonchev–Trinajstić information content (AvgIpc) is 3.14. The van der Waals surface area contributed by atoms with Gasteiger partial charge in [-0.2, -0.15) is 0 Å². The fraction of sp³-hybridized carbons (Fsp3) is 0.308. The van der Waals surface area contributed by atoms with E-state index in [1.54, 1.807) is 12.0 Å². The van der Waals surface area contributed by atoms with Crippen molar-refractivity contribution in [2.45, 2.75) is 32.7 Å². The molecule has 0 spiro atoms. The van der Waals surface area contributed by atoms with Crippen molar-refractivity contribution in [2.24, 2.45) is 0 Å². The zero-order valence-corrected chi connectivity index (χ0v) is 19.3. The Balaban J connectivity index is 1.36. The van der Waals surface area contributed by atoms with Crippen LogP contribution in [0.3, 0.4) is 0 Å². The first-order valence-electron chi connectivity index (χ1n) is 11.2. The van der Waals surface area contributed by atoms with Crippen LogP contribution >= 0.6 is 0 Å². The molecule has 0 bridgehead atoms. The number of hydrogen-bond donors (Lipinski definition) is 2. The Morgan fingerprint density at radius 3 is 2.27 bits per heavy atom. The lowest BCUT2D eigenvalue weighted by molar-refractivity contribution is 0.0918. The zero-order chi connectivity index (χ0) is 23.4. The van der Waals surface area contributed by atoms with Crippen molar-refractivity contribution in [1.82, 2.24) is 14.8 Å². The van der Waals surface area contributed by atoms with E-state index in [-0.39, 0.29) is 18.0 Å². The van der Waals surface area contributed by atoms with E-state index in [0.29, 0.717) is 18.7 Å². The van der Waals surface area contributed by atoms with Crippen molar-refractivity contribution in [3.8, 4) is 11.4 Å². The van der Waals surface area contributed by atoms with E-state index in [2.05, 4.69) is 15.2 Å². The molecule has 1 fully saturated rings. The molecule has 0 radical (unpaired) electrons. The van der Waals surface area contributed by atoms with Crippen LogP contribution in [0.25, 0.3) is 5.69 Å². The molecule has 0 atom stereocenters. The Hall–Kier alpha value is -3.74. The summed E-state index contributed by atoms with van der Waals surface area (Å²) in [5, 5.41) is 6.09. The van der Waals surface area contributed by atoms with Crippen molar-refractivity contribution in [1.29, 1.82) is 0 Å². The lowest BCUT2D eigenvalue weighted by atomic mass is 10.0. The molecule has 0 unspecified atom stereocenters. The highest BCUT2D eigenvalue weighted by Crippen LogP contribution is 2.23. The van der Waals surface area contributed by atoms with Crippen LogP contribution in [-0.4, -0.2) is 47.6 Å². The number of piperidine rings is 1. The first kappa shape index (κ1) is 22.5. The Bertz CT molecular complexity index is 1110. The molecule has 1 aliphatic rings. The molecular weight excluding hydrogens is 416 g/mol. The van der Waals surface area contributed by atoms with E-state index < -0.39 is 0 Å². The van der Waals surface area contributed by atoms with E-state index in [1.165, 1.54) is 0 Å². The number of methoxy groups -OCH3 is 1. The molecule has 2 N–H and O–H groups in total. The highest BCUT2D eigenvalue weighted by atomic mass is 16.5. The summed E-state index contributed by atoms with van der Waals surface area (Å²) in [6, 6.07) is 19.1. The molecule has 0 saturated carbocycles. The van der Waals surface area contributed by atoms with Crippen LogP contribution in [0, 0.1) is 13.8 Å². The summed E-state index contributed by atoms with van der Waals surface area (Å²) in [5.41, 5.74) is 4.34. The minimum atomic E-state index is -0.103. The number of anilines is 1. The van der Waals surface area contributed by atoms with E-state index in [4.69, 9.17) is 4.74 Å². The number of likely N-dealkylation sites (tertiary alicyclic amines) is 1. The second-order valence-electron chi connectivity index (χ2n) is 8.35. The molecule has 7 nitrogen and oxygen atoms in total. The van der Waals surface area contributed by atoms with Crippen LogP contribution in [0.2, 0.25) is 0 Å². The Labute approximate surface area is 194 Å². The first-order valence-corrected chi connectivity index (χ1v) is 11.2. The fourth-order valence-electron chi connectivity index (χ4n) is 4.34. The maximum atomic E-state index is 13.1. The van der Waals surface area contributed by atoms with Gasteiger partial charge in [0.15, 0.2) is 0 Å². The van der Waals surface area contributed by atoms with Crippen LogP contribution in [-0.2, 0) is 0 Å². The Kier molecular flexibility index (Phi) is 6.68. The summed E-state index contributed by atoms with van der Waals surface area (Å²) in [6.45, 7) is 5.17. The van der Waals surface area contributed by atoms with Crippen LogP contribution < -0.4 is 15.4 Å². The third-order valence-electron chi connectivity index (χ3n) is 6.15. The number of nitrogens with one attached hydrogen (secondary N) is 2. The molecule has 1 aliphatic heterocycles. The molecule has 172 valence electrons. The average molecular weight is 447 g/mol. The van der Waals surface area contributed by atoms with Gasteiger partial charge in [0.25, 0.3) is 5.91 Å². The summed E-state index contributed by atoms with van der Waals surface area (Å²) >= 11 is 0. The second-order valence-corrected chi connectivity index (χ2v) is 8.35. The third kappa shape index (κ3) is 5.03. The minimum absolute atomic E-state index is 0.0438. The van der Waals surface area contributed by atoms with Gasteiger partial charge in [0.05, 0.1) is 12.7 Å². The highest BCUT2D eigenvalue weighted by Gasteiger charge is 2.25. The molecule has 7 heteroatoms. The van der Waals surface area contributed by atoms with Gasteiger partial charge in [-0.05, 0) is 69.2 Å². The standard InChI is InChI=1S/C26H30N4O3/c1-18-17-24(19(2)30(18)22-9-11-23(33-3)12-10-22)25(31)27-21-13-15-29(16-14-21)26(32)28-20-7-5-4-6-8-20/h4-12,17,21H,13-16H2,1-3H3,(H,27,31)(H,28,32). The fourth-order valence-corrected chi connectivity index (χ4v) is 4.34. The zero-order valence-electron chi connectivity index (χ0n) is 19.3. The van der Waals surface area contributed by atoms with Gasteiger partial charge in [-0.25, -0.2) is 4.79 Å². The van der Waals surface area contributed by atoms with E-state index >= 15 is 0 Å². The summed E-state index contributed by atoms with van der Waals surface area (Å²) in [4.78, 5) is 27.3. The second kappa shape index (κ2) is 9.81. The molecule has 33 heavy (non-hydrogen) atoms. The maximum absolute atomic E-state index is 13.1. The third-order valence-corrected chi connectivity index (χ3v) is 6.15. The smallest absolute Gasteiger partial charge is 0.321 e. The van der Waals surface area contributed by atoms with Crippen molar-refractivity contribution >= 4 is 17.6 Å². The normalized spacial score (nSPS) is 14.1. The highest BCUT2D eigenvalue weighted by molar-refractivity contribution is 5.96. The molecule has 3 aromatic rings. The molecule has 1 saturated heterocycles. The van der Waals surface area contributed by atoms with Crippen molar-refractivity contribution in [3.63, 3.8) is 0 Å². The van der Waals surface area contributed by atoms with Gasteiger partial charge >= 0.3 is 6.03 Å². The Morgan fingerprint density at radius 2 is 1.64 bits per heavy atom. The Morgan fingerprint density at radius 1 is 0.970 bits per heavy atom. The number of nitrogens with zero attached hydrogens (tertiary/aromatic N) is 2. The van der Waals surface area contributed by atoms with Gasteiger partial charge in [0.1, 0.15) is 5.75 Å². The van der Waals surface area contributed by atoms with E-state index in [1.807, 2.05) is 74.5 Å². The lowest BCUT2D eigenvalue weighted by Crippen LogP contribution is -2.47. The van der Waals surface area contributed by atoms with Crippen molar-refractivity contribution in [2.75, 3.05) is 25.5 Å². The van der Waals surface area contributed by atoms with Crippen molar-refractivity contribution in [3.05, 3.63) is 77.6 Å². The van der Waals surface area contributed by atoms with Crippen LogP contribution in [0.15, 0.2) is 60.7 Å². The quantitative estimate of drug-likeness (QED) is 0.605. The number of ether oxygens (including phenoxy) is 1. The van der Waals surface area contributed by atoms with Gasteiger partial charge in [-0.15, -0.1) is 0 Å². The van der Waals surface area contributed by atoms with Gasteiger partial charge in [0, 0.05) is 41.9 Å². The summed E-state index contributed by atoms with van der Waals surface area (Å²) in [6.07, 6.45) is 1.45. The number of hydrogen-bond acceptors (Lipinski definition) is 3. The molecule has 2 heterocycles.